The second-order valence-corrected chi connectivity index (χ2v) is 10.8. The average molecular weight is 562 g/mol. The lowest BCUT2D eigenvalue weighted by Crippen LogP contribution is -2.27. The van der Waals surface area contributed by atoms with Gasteiger partial charge in [0, 0.05) is 19.4 Å². The van der Waals surface area contributed by atoms with Gasteiger partial charge in [0.05, 0.1) is 13.2 Å². The summed E-state index contributed by atoms with van der Waals surface area (Å²) in [4.78, 5) is 32.9. The molecule has 38 heavy (non-hydrogen) atoms. The predicted molar refractivity (Wildman–Crippen MR) is 151 cm³/mol. The van der Waals surface area contributed by atoms with Crippen molar-refractivity contribution in [2.24, 2.45) is 0 Å². The zero-order valence-corrected chi connectivity index (χ0v) is 24.5. The Bertz CT molecular complexity index is 698. The van der Waals surface area contributed by atoms with E-state index >= 15 is 0 Å². The van der Waals surface area contributed by atoms with Crippen LogP contribution in [0.5, 0.6) is 0 Å². The fourth-order valence-electron chi connectivity index (χ4n) is 3.38. The number of aliphatic hydroxyl groups is 1. The molecule has 0 aliphatic heterocycles. The number of phosphoric ester groups is 1. The lowest BCUT2D eigenvalue weighted by Gasteiger charge is -2.15. The Labute approximate surface area is 230 Å². The van der Waals surface area contributed by atoms with Crippen molar-refractivity contribution in [3.8, 4) is 0 Å². The Hall–Kier alpha value is -1.51. The maximum Gasteiger partial charge on any atom is 0.472 e. The van der Waals surface area contributed by atoms with Crippen molar-refractivity contribution in [3.63, 3.8) is 0 Å². The molecule has 0 fully saturated rings. The minimum absolute atomic E-state index is 0.0740. The zero-order valence-electron chi connectivity index (χ0n) is 23.6. The minimum Gasteiger partial charge on any atom is -0.463 e. The third-order valence-electron chi connectivity index (χ3n) is 5.63. The summed E-state index contributed by atoms with van der Waals surface area (Å²) in [6.45, 7) is 3.19. The van der Waals surface area contributed by atoms with Gasteiger partial charge in [-0.25, -0.2) is 4.57 Å². The molecule has 0 saturated heterocycles. The van der Waals surface area contributed by atoms with Crippen molar-refractivity contribution in [1.82, 2.24) is 5.32 Å². The fourth-order valence-corrected chi connectivity index (χ4v) is 4.14. The highest BCUT2D eigenvalue weighted by molar-refractivity contribution is 7.47. The molecule has 0 aromatic carbocycles. The van der Waals surface area contributed by atoms with Crippen molar-refractivity contribution in [2.45, 2.75) is 116 Å². The summed E-state index contributed by atoms with van der Waals surface area (Å²) in [6, 6.07) is 0. The van der Waals surface area contributed by atoms with Crippen LogP contribution in [0.2, 0.25) is 0 Å². The molecule has 0 radical (unpaired) electrons. The number of hydrogen-bond acceptors (Lipinski definition) is 7. The number of amides is 1. The molecule has 0 aromatic rings. The molecule has 1 amide bonds. The zero-order chi connectivity index (χ0) is 28.3. The quantitative estimate of drug-likeness (QED) is 0.0496. The number of unbranched alkanes of at least 4 members (excludes halogenated alkanes) is 9. The van der Waals surface area contributed by atoms with Crippen LogP contribution in [0.25, 0.3) is 0 Å². The first-order valence-corrected chi connectivity index (χ1v) is 15.8. The maximum atomic E-state index is 11.9. The van der Waals surface area contributed by atoms with E-state index in [1.807, 2.05) is 6.92 Å². The summed E-state index contributed by atoms with van der Waals surface area (Å²) in [5, 5.41) is 12.4. The van der Waals surface area contributed by atoms with Crippen LogP contribution in [0.1, 0.15) is 110 Å². The Kier molecular flexibility index (Phi) is 24.7. The number of aliphatic hydroxyl groups excluding tert-OH is 1. The number of allylic oxidation sites excluding steroid dienone is 4. The molecule has 0 aliphatic rings. The van der Waals surface area contributed by atoms with Crippen LogP contribution in [0.15, 0.2) is 24.3 Å². The van der Waals surface area contributed by atoms with E-state index in [1.165, 1.54) is 25.7 Å². The lowest BCUT2D eigenvalue weighted by atomic mass is 10.1. The number of hydrogen-bond donors (Lipinski definition) is 3. The molecule has 222 valence electrons. The van der Waals surface area contributed by atoms with Crippen LogP contribution < -0.4 is 5.32 Å². The minimum atomic E-state index is -4.38. The van der Waals surface area contributed by atoms with Crippen LogP contribution >= 0.6 is 7.82 Å². The SMILES string of the molecule is CCCCC/C=C\C/C=C\CCCCCCCC(=O)NCCOP(=O)(O)OCC(O)COC(=O)CCCC. The van der Waals surface area contributed by atoms with Crippen LogP contribution in [-0.4, -0.2) is 54.3 Å². The fraction of sp³-hybridized carbons (Fsp3) is 0.786. The van der Waals surface area contributed by atoms with E-state index in [0.717, 1.165) is 51.4 Å². The molecule has 0 aliphatic carbocycles. The standard InChI is InChI=1S/C28H52NO8P/c1-3-5-7-8-9-10-11-12-13-14-15-16-17-18-19-20-27(31)29-22-23-36-38(33,34)37-25-26(30)24-35-28(32)21-6-4-2/h9-10,12-13,26,30H,3-8,11,14-25H2,1-2H3,(H,29,31)(H,33,34)/b10-9-,13-12-. The first-order valence-electron chi connectivity index (χ1n) is 14.3. The predicted octanol–water partition coefficient (Wildman–Crippen LogP) is 6.14. The molecule has 0 bridgehead atoms. The van der Waals surface area contributed by atoms with E-state index in [0.29, 0.717) is 12.8 Å². The summed E-state index contributed by atoms with van der Waals surface area (Å²) in [5.41, 5.74) is 0. The van der Waals surface area contributed by atoms with E-state index < -0.39 is 26.5 Å². The molecule has 0 heterocycles. The third-order valence-corrected chi connectivity index (χ3v) is 6.62. The first kappa shape index (κ1) is 36.5. The molecule has 0 rings (SSSR count). The molecule has 2 atom stereocenters. The van der Waals surface area contributed by atoms with Gasteiger partial charge in [-0.2, -0.15) is 0 Å². The highest BCUT2D eigenvalue weighted by Crippen LogP contribution is 2.42. The number of nitrogens with one attached hydrogen (secondary N) is 1. The molecular formula is C28H52NO8P. The smallest absolute Gasteiger partial charge is 0.463 e. The molecule has 0 spiro atoms. The Morgan fingerprint density at radius 1 is 0.816 bits per heavy atom. The molecule has 2 unspecified atom stereocenters. The third kappa shape index (κ3) is 26.1. The van der Waals surface area contributed by atoms with Crippen molar-refractivity contribution in [2.75, 3.05) is 26.4 Å². The maximum absolute atomic E-state index is 11.9. The topological polar surface area (TPSA) is 131 Å². The molecule has 0 saturated carbocycles. The highest BCUT2D eigenvalue weighted by Gasteiger charge is 2.23. The van der Waals surface area contributed by atoms with E-state index in [-0.39, 0.29) is 32.1 Å². The summed E-state index contributed by atoms with van der Waals surface area (Å²) in [6.07, 6.45) is 22.3. The van der Waals surface area contributed by atoms with E-state index in [4.69, 9.17) is 13.8 Å². The van der Waals surface area contributed by atoms with Crippen LogP contribution in [0.4, 0.5) is 0 Å². The van der Waals surface area contributed by atoms with Crippen molar-refractivity contribution in [3.05, 3.63) is 24.3 Å². The van der Waals surface area contributed by atoms with Gasteiger partial charge >= 0.3 is 13.8 Å². The van der Waals surface area contributed by atoms with Gasteiger partial charge in [-0.05, 0) is 44.9 Å². The van der Waals surface area contributed by atoms with Gasteiger partial charge in [-0.1, -0.05) is 76.7 Å². The summed E-state index contributed by atoms with van der Waals surface area (Å²) < 4.78 is 26.2. The van der Waals surface area contributed by atoms with Gasteiger partial charge < -0.3 is 20.1 Å². The highest BCUT2D eigenvalue weighted by atomic mass is 31.2. The van der Waals surface area contributed by atoms with Gasteiger partial charge in [0.1, 0.15) is 12.7 Å². The first-order chi connectivity index (χ1) is 18.3. The Morgan fingerprint density at radius 2 is 1.45 bits per heavy atom. The number of carbonyl (C=O) groups is 2. The van der Waals surface area contributed by atoms with Gasteiger partial charge in [0.25, 0.3) is 0 Å². The van der Waals surface area contributed by atoms with Gasteiger partial charge in [0.15, 0.2) is 0 Å². The number of phosphoric acid groups is 1. The van der Waals surface area contributed by atoms with E-state index in [9.17, 15) is 24.2 Å². The van der Waals surface area contributed by atoms with Gasteiger partial charge in [-0.3, -0.25) is 18.6 Å². The number of esters is 1. The van der Waals surface area contributed by atoms with E-state index in [2.05, 4.69) is 36.5 Å². The largest absolute Gasteiger partial charge is 0.472 e. The number of rotatable bonds is 26. The Morgan fingerprint density at radius 3 is 2.13 bits per heavy atom. The molecular weight excluding hydrogens is 509 g/mol. The second kappa shape index (κ2) is 25.8. The van der Waals surface area contributed by atoms with Crippen LogP contribution in [0, 0.1) is 0 Å². The number of carbonyl (C=O) groups excluding carboxylic acids is 2. The Balaban J connectivity index is 3.64. The van der Waals surface area contributed by atoms with Gasteiger partial charge in [-0.15, -0.1) is 0 Å². The van der Waals surface area contributed by atoms with Crippen molar-refractivity contribution < 1.29 is 37.9 Å². The van der Waals surface area contributed by atoms with Crippen molar-refractivity contribution in [1.29, 1.82) is 0 Å². The van der Waals surface area contributed by atoms with Crippen LogP contribution in [0.3, 0.4) is 0 Å². The van der Waals surface area contributed by atoms with E-state index in [1.54, 1.807) is 0 Å². The van der Waals surface area contributed by atoms with Crippen molar-refractivity contribution >= 4 is 19.7 Å². The average Bonchev–Trinajstić information content (AvgIpc) is 2.89. The summed E-state index contributed by atoms with van der Waals surface area (Å²) in [7, 11) is -4.38. The normalized spacial score (nSPS) is 14.1. The molecule has 9 nitrogen and oxygen atoms in total. The monoisotopic (exact) mass is 561 g/mol. The van der Waals surface area contributed by atoms with Crippen LogP contribution in [-0.2, 0) is 27.9 Å². The molecule has 3 N–H and O–H groups in total. The molecule has 0 aromatic heterocycles. The summed E-state index contributed by atoms with van der Waals surface area (Å²) >= 11 is 0. The number of ether oxygens (including phenoxy) is 1. The lowest BCUT2D eigenvalue weighted by molar-refractivity contribution is -0.147. The molecule has 10 heteroatoms. The van der Waals surface area contributed by atoms with Gasteiger partial charge in [0.2, 0.25) is 5.91 Å². The second-order valence-electron chi connectivity index (χ2n) is 9.37. The summed E-state index contributed by atoms with van der Waals surface area (Å²) in [5.74, 6) is -0.571.